The molecule has 0 saturated heterocycles. The Kier molecular flexibility index (Phi) is 3.51. The lowest BCUT2D eigenvalue weighted by atomic mass is 10.1. The predicted molar refractivity (Wildman–Crippen MR) is 61.8 cm³/mol. The number of nitrogen functional groups attached to an aromatic ring is 1. The maximum Gasteiger partial charge on any atom is 0.163 e. The van der Waals surface area contributed by atoms with E-state index >= 15 is 0 Å². The van der Waals surface area contributed by atoms with E-state index in [1.807, 2.05) is 6.07 Å². The van der Waals surface area contributed by atoms with Crippen LogP contribution in [-0.2, 0) is 11.3 Å². The first-order valence-electron chi connectivity index (χ1n) is 5.57. The maximum atomic E-state index is 5.91. The Morgan fingerprint density at radius 3 is 2.62 bits per heavy atom. The van der Waals surface area contributed by atoms with E-state index in [2.05, 4.69) is 6.92 Å². The van der Waals surface area contributed by atoms with Gasteiger partial charge in [0.1, 0.15) is 13.2 Å². The Bertz CT molecular complexity index is 366. The van der Waals surface area contributed by atoms with Gasteiger partial charge in [0.2, 0.25) is 0 Å². The summed E-state index contributed by atoms with van der Waals surface area (Å²) in [5, 5.41) is 0. The van der Waals surface area contributed by atoms with Crippen molar-refractivity contribution in [2.75, 3.05) is 25.6 Å². The van der Waals surface area contributed by atoms with Crippen LogP contribution in [-0.4, -0.2) is 19.8 Å². The normalized spacial score (nSPS) is 13.8. The summed E-state index contributed by atoms with van der Waals surface area (Å²) in [7, 11) is 0. The second-order valence-corrected chi connectivity index (χ2v) is 3.75. The summed E-state index contributed by atoms with van der Waals surface area (Å²) in [5.74, 6) is 1.48. The quantitative estimate of drug-likeness (QED) is 0.626. The lowest BCUT2D eigenvalue weighted by Gasteiger charge is -2.20. The van der Waals surface area contributed by atoms with Crippen LogP contribution in [0.15, 0.2) is 12.1 Å². The molecule has 0 unspecified atom stereocenters. The van der Waals surface area contributed by atoms with Crippen LogP contribution < -0.4 is 15.2 Å². The lowest BCUT2D eigenvalue weighted by molar-refractivity contribution is 0.121. The zero-order valence-corrected chi connectivity index (χ0v) is 9.49. The van der Waals surface area contributed by atoms with E-state index in [0.717, 1.165) is 30.1 Å². The Morgan fingerprint density at radius 1 is 1.25 bits per heavy atom. The number of nitrogens with two attached hydrogens (primary N) is 1. The first-order chi connectivity index (χ1) is 7.81. The zero-order valence-electron chi connectivity index (χ0n) is 9.49. The molecule has 2 N–H and O–H groups in total. The highest BCUT2D eigenvalue weighted by Gasteiger charge is 2.14. The van der Waals surface area contributed by atoms with Gasteiger partial charge >= 0.3 is 0 Å². The molecule has 4 nitrogen and oxygen atoms in total. The Hall–Kier alpha value is -1.42. The van der Waals surface area contributed by atoms with Gasteiger partial charge in [-0.1, -0.05) is 6.92 Å². The molecule has 0 fully saturated rings. The van der Waals surface area contributed by atoms with Gasteiger partial charge in [-0.2, -0.15) is 0 Å². The highest BCUT2D eigenvalue weighted by atomic mass is 16.6. The molecular formula is C12H17NO3. The van der Waals surface area contributed by atoms with Crippen molar-refractivity contribution in [3.63, 3.8) is 0 Å². The van der Waals surface area contributed by atoms with Gasteiger partial charge in [0.05, 0.1) is 6.61 Å². The summed E-state index contributed by atoms with van der Waals surface area (Å²) in [6.45, 7) is 4.52. The summed E-state index contributed by atoms with van der Waals surface area (Å²) >= 11 is 0. The third-order valence-electron chi connectivity index (χ3n) is 2.41. The molecule has 0 amide bonds. The monoisotopic (exact) mass is 223 g/mol. The summed E-state index contributed by atoms with van der Waals surface area (Å²) in [5.41, 5.74) is 7.56. The van der Waals surface area contributed by atoms with Crippen LogP contribution in [0.1, 0.15) is 18.9 Å². The first-order valence-corrected chi connectivity index (χ1v) is 5.57. The van der Waals surface area contributed by atoms with Gasteiger partial charge in [0.25, 0.3) is 0 Å². The second kappa shape index (κ2) is 5.07. The van der Waals surface area contributed by atoms with Gasteiger partial charge in [-0.05, 0) is 12.5 Å². The van der Waals surface area contributed by atoms with Crippen molar-refractivity contribution < 1.29 is 14.2 Å². The van der Waals surface area contributed by atoms with Crippen molar-refractivity contribution in [3.05, 3.63) is 17.7 Å². The molecule has 0 bridgehead atoms. The van der Waals surface area contributed by atoms with E-state index in [9.17, 15) is 0 Å². The lowest BCUT2D eigenvalue weighted by Crippen LogP contribution is -2.16. The molecular weight excluding hydrogens is 206 g/mol. The fraction of sp³-hybridized carbons (Fsp3) is 0.500. The summed E-state index contributed by atoms with van der Waals surface area (Å²) in [6, 6.07) is 3.71. The number of hydrogen-bond donors (Lipinski definition) is 1. The smallest absolute Gasteiger partial charge is 0.163 e. The Balaban J connectivity index is 2.12. The van der Waals surface area contributed by atoms with Crippen LogP contribution in [0, 0.1) is 0 Å². The van der Waals surface area contributed by atoms with E-state index in [4.69, 9.17) is 19.9 Å². The number of ether oxygens (including phenoxy) is 3. The van der Waals surface area contributed by atoms with Crippen LogP contribution in [0.25, 0.3) is 0 Å². The molecule has 0 radical (unpaired) electrons. The van der Waals surface area contributed by atoms with E-state index in [-0.39, 0.29) is 0 Å². The molecule has 0 atom stereocenters. The van der Waals surface area contributed by atoms with Crippen LogP contribution in [0.5, 0.6) is 11.5 Å². The van der Waals surface area contributed by atoms with E-state index in [1.54, 1.807) is 6.07 Å². The minimum absolute atomic E-state index is 0.524. The third kappa shape index (κ3) is 2.39. The van der Waals surface area contributed by atoms with Gasteiger partial charge in [0.15, 0.2) is 11.5 Å². The Morgan fingerprint density at radius 2 is 1.94 bits per heavy atom. The van der Waals surface area contributed by atoms with E-state index < -0.39 is 0 Å². The summed E-state index contributed by atoms with van der Waals surface area (Å²) in [6.07, 6.45) is 1.00. The largest absolute Gasteiger partial charge is 0.486 e. The number of rotatable bonds is 4. The molecule has 88 valence electrons. The number of anilines is 1. The minimum Gasteiger partial charge on any atom is -0.486 e. The number of hydrogen-bond acceptors (Lipinski definition) is 4. The third-order valence-corrected chi connectivity index (χ3v) is 2.41. The van der Waals surface area contributed by atoms with Crippen LogP contribution in [0.2, 0.25) is 0 Å². The van der Waals surface area contributed by atoms with Gasteiger partial charge in [-0.3, -0.25) is 0 Å². The molecule has 1 heterocycles. The van der Waals surface area contributed by atoms with E-state index in [1.165, 1.54) is 0 Å². The summed E-state index contributed by atoms with van der Waals surface area (Å²) in [4.78, 5) is 0. The molecule has 0 spiro atoms. The molecule has 1 aromatic rings. The molecule has 1 aliphatic heterocycles. The van der Waals surface area contributed by atoms with Crippen molar-refractivity contribution in [1.29, 1.82) is 0 Å². The average molecular weight is 223 g/mol. The second-order valence-electron chi connectivity index (χ2n) is 3.75. The van der Waals surface area contributed by atoms with Crippen molar-refractivity contribution in [2.24, 2.45) is 0 Å². The fourth-order valence-corrected chi connectivity index (χ4v) is 1.60. The number of benzene rings is 1. The van der Waals surface area contributed by atoms with Crippen molar-refractivity contribution >= 4 is 5.69 Å². The van der Waals surface area contributed by atoms with Crippen molar-refractivity contribution in [3.8, 4) is 11.5 Å². The van der Waals surface area contributed by atoms with E-state index in [0.29, 0.717) is 25.5 Å². The molecule has 4 heteroatoms. The molecule has 0 saturated carbocycles. The van der Waals surface area contributed by atoms with Gasteiger partial charge in [0, 0.05) is 23.9 Å². The average Bonchev–Trinajstić information content (AvgIpc) is 2.30. The maximum absolute atomic E-state index is 5.91. The molecule has 2 rings (SSSR count). The highest BCUT2D eigenvalue weighted by molar-refractivity contribution is 5.58. The van der Waals surface area contributed by atoms with Gasteiger partial charge in [-0.25, -0.2) is 0 Å². The first kappa shape index (κ1) is 11.1. The van der Waals surface area contributed by atoms with Crippen molar-refractivity contribution in [2.45, 2.75) is 20.0 Å². The standard InChI is InChI=1S/C12H17NO3/c1-2-3-14-8-9-6-11-12(7-10(9)13)16-5-4-15-11/h6-7H,2-5,8,13H2,1H3. The SMILES string of the molecule is CCCOCc1cc2c(cc1N)OCCO2. The zero-order chi connectivity index (χ0) is 11.4. The summed E-state index contributed by atoms with van der Waals surface area (Å²) < 4.78 is 16.4. The van der Waals surface area contributed by atoms with Crippen LogP contribution >= 0.6 is 0 Å². The molecule has 1 aromatic carbocycles. The molecule has 16 heavy (non-hydrogen) atoms. The van der Waals surface area contributed by atoms with Crippen LogP contribution in [0.3, 0.4) is 0 Å². The molecule has 0 aliphatic carbocycles. The topological polar surface area (TPSA) is 53.7 Å². The highest BCUT2D eigenvalue weighted by Crippen LogP contribution is 2.34. The van der Waals surface area contributed by atoms with Crippen molar-refractivity contribution in [1.82, 2.24) is 0 Å². The Labute approximate surface area is 95.3 Å². The molecule has 0 aromatic heterocycles. The van der Waals surface area contributed by atoms with Crippen LogP contribution in [0.4, 0.5) is 5.69 Å². The predicted octanol–water partition coefficient (Wildman–Crippen LogP) is 1.97. The molecule has 1 aliphatic rings. The fourth-order valence-electron chi connectivity index (χ4n) is 1.60. The minimum atomic E-state index is 0.524. The van der Waals surface area contributed by atoms with Gasteiger partial charge in [-0.15, -0.1) is 0 Å². The van der Waals surface area contributed by atoms with Gasteiger partial charge < -0.3 is 19.9 Å². The number of fused-ring (bicyclic) bond motifs is 1.